The van der Waals surface area contributed by atoms with Gasteiger partial charge in [-0.3, -0.25) is 0 Å². The van der Waals surface area contributed by atoms with Crippen LogP contribution in [0.25, 0.3) is 0 Å². The Hall–Kier alpha value is -1.55. The highest BCUT2D eigenvalue weighted by Gasteiger charge is 2.11. The Bertz CT molecular complexity index is 542. The molecule has 0 spiro atoms. The molecule has 0 aliphatic rings. The third-order valence-electron chi connectivity index (χ3n) is 3.04. The highest BCUT2D eigenvalue weighted by molar-refractivity contribution is 6.30. The van der Waals surface area contributed by atoms with Crippen LogP contribution in [0.15, 0.2) is 48.5 Å². The summed E-state index contributed by atoms with van der Waals surface area (Å²) in [5.41, 5.74) is 7.88. The molecule has 2 aromatic carbocycles. The van der Waals surface area contributed by atoms with Crippen LogP contribution >= 0.6 is 11.6 Å². The molecular formula is C16H18ClNO2. The van der Waals surface area contributed by atoms with Gasteiger partial charge >= 0.3 is 0 Å². The maximum Gasteiger partial charge on any atom is 0.119 e. The van der Waals surface area contributed by atoms with Gasteiger partial charge in [0.15, 0.2) is 0 Å². The van der Waals surface area contributed by atoms with E-state index in [1.54, 1.807) is 7.11 Å². The van der Waals surface area contributed by atoms with E-state index in [9.17, 15) is 0 Å². The predicted octanol–water partition coefficient (Wildman–Crippen LogP) is 3.57. The van der Waals surface area contributed by atoms with E-state index in [2.05, 4.69) is 0 Å². The molecule has 0 saturated heterocycles. The first-order valence-electron chi connectivity index (χ1n) is 6.43. The fourth-order valence-corrected chi connectivity index (χ4v) is 2.05. The van der Waals surface area contributed by atoms with E-state index in [1.165, 1.54) is 0 Å². The summed E-state index contributed by atoms with van der Waals surface area (Å²) in [5, 5.41) is 0.719. The van der Waals surface area contributed by atoms with Crippen LogP contribution in [0.2, 0.25) is 5.02 Å². The molecule has 0 amide bonds. The van der Waals surface area contributed by atoms with Gasteiger partial charge in [-0.1, -0.05) is 35.9 Å². The van der Waals surface area contributed by atoms with Crippen molar-refractivity contribution < 1.29 is 9.47 Å². The zero-order valence-corrected chi connectivity index (χ0v) is 12.1. The van der Waals surface area contributed by atoms with Crippen molar-refractivity contribution in [2.24, 2.45) is 5.73 Å². The largest absolute Gasteiger partial charge is 0.497 e. The molecule has 1 unspecified atom stereocenters. The Morgan fingerprint density at radius 1 is 1.15 bits per heavy atom. The summed E-state index contributed by atoms with van der Waals surface area (Å²) in [6.45, 7) is 0.914. The summed E-state index contributed by atoms with van der Waals surface area (Å²) in [6.07, 6.45) is -0.152. The number of hydrogen-bond donors (Lipinski definition) is 1. The topological polar surface area (TPSA) is 44.5 Å². The quantitative estimate of drug-likeness (QED) is 0.885. The molecule has 0 heterocycles. The van der Waals surface area contributed by atoms with Gasteiger partial charge in [0.05, 0.1) is 19.8 Å². The predicted molar refractivity (Wildman–Crippen MR) is 81.0 cm³/mol. The fraction of sp³-hybridized carbons (Fsp3) is 0.250. The van der Waals surface area contributed by atoms with Gasteiger partial charge < -0.3 is 15.2 Å². The van der Waals surface area contributed by atoms with E-state index in [1.807, 2.05) is 48.5 Å². The lowest BCUT2D eigenvalue weighted by atomic mass is 10.1. The van der Waals surface area contributed by atoms with E-state index in [0.717, 1.165) is 21.9 Å². The van der Waals surface area contributed by atoms with Crippen LogP contribution in [0.4, 0.5) is 0 Å². The normalized spacial score (nSPS) is 12.2. The zero-order valence-electron chi connectivity index (χ0n) is 11.4. The second kappa shape index (κ2) is 7.29. The van der Waals surface area contributed by atoms with Gasteiger partial charge in [-0.15, -0.1) is 0 Å². The maximum absolute atomic E-state index is 5.88. The maximum atomic E-state index is 5.88. The number of methoxy groups -OCH3 is 1. The summed E-state index contributed by atoms with van der Waals surface area (Å²) in [4.78, 5) is 0. The molecule has 2 N–H and O–H groups in total. The van der Waals surface area contributed by atoms with Gasteiger partial charge in [0.25, 0.3) is 0 Å². The molecule has 2 aromatic rings. The van der Waals surface area contributed by atoms with E-state index in [0.29, 0.717) is 13.2 Å². The Labute approximate surface area is 124 Å². The van der Waals surface area contributed by atoms with Crippen LogP contribution in [-0.2, 0) is 11.3 Å². The molecule has 1 atom stereocenters. The molecule has 2 rings (SSSR count). The van der Waals surface area contributed by atoms with Crippen molar-refractivity contribution in [2.45, 2.75) is 12.7 Å². The van der Waals surface area contributed by atoms with Gasteiger partial charge in [-0.2, -0.15) is 0 Å². The molecule has 3 nitrogen and oxygen atoms in total. The summed E-state index contributed by atoms with van der Waals surface area (Å²) < 4.78 is 11.1. The van der Waals surface area contributed by atoms with E-state index in [4.69, 9.17) is 26.8 Å². The molecular weight excluding hydrogens is 274 g/mol. The zero-order chi connectivity index (χ0) is 14.4. The van der Waals surface area contributed by atoms with Gasteiger partial charge in [0, 0.05) is 11.6 Å². The van der Waals surface area contributed by atoms with Crippen molar-refractivity contribution in [1.82, 2.24) is 0 Å². The van der Waals surface area contributed by atoms with Crippen LogP contribution < -0.4 is 10.5 Å². The number of rotatable bonds is 6. The van der Waals surface area contributed by atoms with Crippen molar-refractivity contribution in [3.63, 3.8) is 0 Å². The second-order valence-electron chi connectivity index (χ2n) is 4.44. The standard InChI is InChI=1S/C16H18ClNO2/c1-19-15-4-2-3-13(9-15)16(10-18)20-11-12-5-7-14(17)8-6-12/h2-9,16H,10-11,18H2,1H3. The molecule has 0 aliphatic heterocycles. The molecule has 20 heavy (non-hydrogen) atoms. The minimum Gasteiger partial charge on any atom is -0.497 e. The molecule has 4 heteroatoms. The van der Waals surface area contributed by atoms with Crippen LogP contribution in [0.3, 0.4) is 0 Å². The second-order valence-corrected chi connectivity index (χ2v) is 4.87. The van der Waals surface area contributed by atoms with Gasteiger partial charge in [-0.05, 0) is 35.4 Å². The highest BCUT2D eigenvalue weighted by atomic mass is 35.5. The van der Waals surface area contributed by atoms with Crippen LogP contribution in [0, 0.1) is 0 Å². The molecule has 0 aliphatic carbocycles. The molecule has 0 saturated carbocycles. The van der Waals surface area contributed by atoms with E-state index in [-0.39, 0.29) is 6.10 Å². The first-order chi connectivity index (χ1) is 9.72. The minimum absolute atomic E-state index is 0.152. The van der Waals surface area contributed by atoms with Gasteiger partial charge in [0.2, 0.25) is 0 Å². The van der Waals surface area contributed by atoms with E-state index < -0.39 is 0 Å². The lowest BCUT2D eigenvalue weighted by molar-refractivity contribution is 0.0455. The Morgan fingerprint density at radius 2 is 1.90 bits per heavy atom. The Morgan fingerprint density at radius 3 is 2.55 bits per heavy atom. The molecule has 0 radical (unpaired) electrons. The number of ether oxygens (including phenoxy) is 2. The first-order valence-corrected chi connectivity index (χ1v) is 6.81. The number of halogens is 1. The molecule has 106 valence electrons. The van der Waals surface area contributed by atoms with Crippen LogP contribution in [0.5, 0.6) is 5.75 Å². The van der Waals surface area contributed by atoms with Gasteiger partial charge in [-0.25, -0.2) is 0 Å². The van der Waals surface area contributed by atoms with Crippen LogP contribution in [-0.4, -0.2) is 13.7 Å². The number of benzene rings is 2. The molecule has 0 bridgehead atoms. The number of hydrogen-bond acceptors (Lipinski definition) is 3. The smallest absolute Gasteiger partial charge is 0.119 e. The lowest BCUT2D eigenvalue weighted by Gasteiger charge is -2.17. The third kappa shape index (κ3) is 3.97. The monoisotopic (exact) mass is 291 g/mol. The van der Waals surface area contributed by atoms with Crippen molar-refractivity contribution in [3.05, 3.63) is 64.7 Å². The average Bonchev–Trinajstić information content (AvgIpc) is 2.50. The van der Waals surface area contributed by atoms with Crippen molar-refractivity contribution in [2.75, 3.05) is 13.7 Å². The summed E-state index contributed by atoms with van der Waals surface area (Å²) in [7, 11) is 1.64. The Balaban J connectivity index is 2.03. The summed E-state index contributed by atoms with van der Waals surface area (Å²) >= 11 is 5.86. The number of nitrogens with two attached hydrogens (primary N) is 1. The first kappa shape index (κ1) is 14.9. The van der Waals surface area contributed by atoms with Crippen molar-refractivity contribution in [3.8, 4) is 5.75 Å². The highest BCUT2D eigenvalue weighted by Crippen LogP contribution is 2.22. The van der Waals surface area contributed by atoms with Crippen LogP contribution in [0.1, 0.15) is 17.2 Å². The SMILES string of the molecule is COc1cccc(C(CN)OCc2ccc(Cl)cc2)c1. The third-order valence-corrected chi connectivity index (χ3v) is 3.30. The van der Waals surface area contributed by atoms with Gasteiger partial charge in [0.1, 0.15) is 5.75 Å². The fourth-order valence-electron chi connectivity index (χ4n) is 1.92. The Kier molecular flexibility index (Phi) is 5.41. The minimum atomic E-state index is -0.152. The summed E-state index contributed by atoms with van der Waals surface area (Å²) in [6, 6.07) is 15.4. The molecule has 0 fully saturated rings. The van der Waals surface area contributed by atoms with Crippen molar-refractivity contribution >= 4 is 11.6 Å². The van der Waals surface area contributed by atoms with Crippen molar-refractivity contribution in [1.29, 1.82) is 0 Å². The molecule has 0 aromatic heterocycles. The summed E-state index contributed by atoms with van der Waals surface area (Å²) in [5.74, 6) is 0.802. The van der Waals surface area contributed by atoms with E-state index >= 15 is 0 Å². The average molecular weight is 292 g/mol. The lowest BCUT2D eigenvalue weighted by Crippen LogP contribution is -2.15.